The number of rotatable bonds is 6. The van der Waals surface area contributed by atoms with Gasteiger partial charge in [0.2, 0.25) is 0 Å². The number of nitrogens with zero attached hydrogens (tertiary/aromatic N) is 5. The largest absolute Gasteiger partial charge is 0.357 e. The van der Waals surface area contributed by atoms with Crippen molar-refractivity contribution < 1.29 is 0 Å². The highest BCUT2D eigenvalue weighted by Crippen LogP contribution is 2.16. The van der Waals surface area contributed by atoms with E-state index >= 15 is 0 Å². The molecular formula is C24H42N6. The van der Waals surface area contributed by atoms with Gasteiger partial charge in [-0.25, -0.2) is 0 Å². The summed E-state index contributed by atoms with van der Waals surface area (Å²) in [6, 6.07) is 9.67. The van der Waals surface area contributed by atoms with Crippen molar-refractivity contribution in [2.24, 2.45) is 4.99 Å². The van der Waals surface area contributed by atoms with E-state index in [1.54, 1.807) is 0 Å². The van der Waals surface area contributed by atoms with E-state index in [1.165, 1.54) is 11.1 Å². The molecule has 1 N–H and O–H groups in total. The number of hydrogen-bond acceptors (Lipinski definition) is 4. The summed E-state index contributed by atoms with van der Waals surface area (Å²) in [6.07, 6.45) is 0. The topological polar surface area (TPSA) is 37.4 Å². The monoisotopic (exact) mass is 414 g/mol. The molecule has 2 heterocycles. The Labute approximate surface area is 183 Å². The van der Waals surface area contributed by atoms with Gasteiger partial charge < -0.3 is 15.1 Å². The van der Waals surface area contributed by atoms with Crippen molar-refractivity contribution in [1.29, 1.82) is 0 Å². The van der Waals surface area contributed by atoms with Gasteiger partial charge in [-0.15, -0.1) is 0 Å². The molecule has 1 aromatic rings. The summed E-state index contributed by atoms with van der Waals surface area (Å²) >= 11 is 0. The Kier molecular flexibility index (Phi) is 8.54. The van der Waals surface area contributed by atoms with Gasteiger partial charge in [0.1, 0.15) is 0 Å². The number of piperazine rings is 2. The second kappa shape index (κ2) is 11.1. The fraction of sp³-hybridized carbons (Fsp3) is 0.708. The summed E-state index contributed by atoms with van der Waals surface area (Å²) < 4.78 is 0. The molecule has 1 aromatic carbocycles. The van der Waals surface area contributed by atoms with Crippen LogP contribution in [-0.4, -0.2) is 105 Å². The van der Waals surface area contributed by atoms with Crippen LogP contribution in [0.5, 0.6) is 0 Å². The number of likely N-dealkylation sites (N-methyl/N-ethyl adjacent to an activating group) is 2. The number of benzene rings is 1. The standard InChI is InChI=1S/C24H42N6/c1-6-25-24(26-17-23-19-27(4)11-12-28(23)5)30-15-13-29(14-16-30)18-21-7-9-22(10-8-21)20(2)3/h7-10,20,23H,6,11-19H2,1-5H3,(H,25,26). The first-order valence-electron chi connectivity index (χ1n) is 11.7. The average molecular weight is 415 g/mol. The van der Waals surface area contributed by atoms with Gasteiger partial charge in [-0.3, -0.25) is 14.8 Å². The lowest BCUT2D eigenvalue weighted by molar-refractivity contribution is 0.119. The van der Waals surface area contributed by atoms with E-state index < -0.39 is 0 Å². The summed E-state index contributed by atoms with van der Waals surface area (Å²) in [5.41, 5.74) is 2.84. The molecule has 0 radical (unpaired) electrons. The van der Waals surface area contributed by atoms with Crippen LogP contribution in [0.15, 0.2) is 29.3 Å². The van der Waals surface area contributed by atoms with Gasteiger partial charge >= 0.3 is 0 Å². The van der Waals surface area contributed by atoms with Crippen molar-refractivity contribution in [2.45, 2.75) is 39.3 Å². The molecule has 2 aliphatic rings. The molecule has 2 fully saturated rings. The highest BCUT2D eigenvalue weighted by molar-refractivity contribution is 5.80. The maximum atomic E-state index is 5.03. The summed E-state index contributed by atoms with van der Waals surface area (Å²) in [6.45, 7) is 17.1. The summed E-state index contributed by atoms with van der Waals surface area (Å²) in [4.78, 5) is 14.9. The predicted molar refractivity (Wildman–Crippen MR) is 127 cm³/mol. The number of hydrogen-bond donors (Lipinski definition) is 1. The molecule has 0 saturated carbocycles. The Morgan fingerprint density at radius 3 is 2.37 bits per heavy atom. The predicted octanol–water partition coefficient (Wildman–Crippen LogP) is 2.14. The van der Waals surface area contributed by atoms with Crippen LogP contribution in [0.3, 0.4) is 0 Å². The fourth-order valence-electron chi connectivity index (χ4n) is 4.30. The van der Waals surface area contributed by atoms with E-state index in [2.05, 4.69) is 84.0 Å². The lowest BCUT2D eigenvalue weighted by Crippen LogP contribution is -2.54. The molecule has 0 spiro atoms. The van der Waals surface area contributed by atoms with Gasteiger partial charge in [-0.1, -0.05) is 38.1 Å². The third kappa shape index (κ3) is 6.43. The molecule has 168 valence electrons. The van der Waals surface area contributed by atoms with Crippen molar-refractivity contribution in [3.63, 3.8) is 0 Å². The zero-order valence-corrected chi connectivity index (χ0v) is 19.8. The minimum absolute atomic E-state index is 0.507. The second-order valence-corrected chi connectivity index (χ2v) is 9.25. The van der Waals surface area contributed by atoms with Crippen LogP contribution in [-0.2, 0) is 6.54 Å². The molecule has 1 unspecified atom stereocenters. The van der Waals surface area contributed by atoms with E-state index in [4.69, 9.17) is 4.99 Å². The molecule has 2 aliphatic heterocycles. The SMILES string of the molecule is CCNC(=NCC1CN(C)CCN1C)N1CCN(Cc2ccc(C(C)C)cc2)CC1. The molecular weight excluding hydrogens is 372 g/mol. The van der Waals surface area contributed by atoms with E-state index in [0.29, 0.717) is 12.0 Å². The minimum Gasteiger partial charge on any atom is -0.357 e. The van der Waals surface area contributed by atoms with Crippen molar-refractivity contribution >= 4 is 5.96 Å². The first-order valence-corrected chi connectivity index (χ1v) is 11.7. The molecule has 3 rings (SSSR count). The van der Waals surface area contributed by atoms with Crippen LogP contribution in [0, 0.1) is 0 Å². The molecule has 1 atom stereocenters. The van der Waals surface area contributed by atoms with Crippen LogP contribution in [0.1, 0.15) is 37.8 Å². The highest BCUT2D eigenvalue weighted by atomic mass is 15.4. The normalized spacial score (nSPS) is 22.7. The zero-order chi connectivity index (χ0) is 21.5. The second-order valence-electron chi connectivity index (χ2n) is 9.25. The summed E-state index contributed by atoms with van der Waals surface area (Å²) in [7, 11) is 4.44. The molecule has 2 saturated heterocycles. The molecule has 6 heteroatoms. The van der Waals surface area contributed by atoms with Gasteiger partial charge in [-0.05, 0) is 38.1 Å². The van der Waals surface area contributed by atoms with Crippen molar-refractivity contribution in [1.82, 2.24) is 24.9 Å². The number of guanidine groups is 1. The average Bonchev–Trinajstić information content (AvgIpc) is 2.74. The summed E-state index contributed by atoms with van der Waals surface area (Å²) in [5.74, 6) is 1.68. The maximum Gasteiger partial charge on any atom is 0.194 e. The quantitative estimate of drug-likeness (QED) is 0.570. The number of aliphatic imine (C=N–C) groups is 1. The smallest absolute Gasteiger partial charge is 0.194 e. The van der Waals surface area contributed by atoms with Gasteiger partial charge in [0.05, 0.1) is 6.54 Å². The molecule has 6 nitrogen and oxygen atoms in total. The van der Waals surface area contributed by atoms with Crippen LogP contribution >= 0.6 is 0 Å². The fourth-order valence-corrected chi connectivity index (χ4v) is 4.30. The van der Waals surface area contributed by atoms with Crippen LogP contribution in [0.4, 0.5) is 0 Å². The van der Waals surface area contributed by atoms with Gasteiger partial charge in [0.25, 0.3) is 0 Å². The maximum absolute atomic E-state index is 5.03. The highest BCUT2D eigenvalue weighted by Gasteiger charge is 2.23. The molecule has 0 bridgehead atoms. The van der Waals surface area contributed by atoms with E-state index in [-0.39, 0.29) is 0 Å². The van der Waals surface area contributed by atoms with Crippen LogP contribution in [0.2, 0.25) is 0 Å². The Bertz CT molecular complexity index is 663. The lowest BCUT2D eigenvalue weighted by Gasteiger charge is -2.38. The molecule has 0 aliphatic carbocycles. The van der Waals surface area contributed by atoms with Crippen LogP contribution < -0.4 is 5.32 Å². The third-order valence-corrected chi connectivity index (χ3v) is 6.49. The molecule has 0 amide bonds. The Morgan fingerprint density at radius 2 is 1.73 bits per heavy atom. The van der Waals surface area contributed by atoms with Gasteiger partial charge in [-0.2, -0.15) is 0 Å². The van der Waals surface area contributed by atoms with Crippen molar-refractivity contribution in [3.05, 3.63) is 35.4 Å². The van der Waals surface area contributed by atoms with Crippen molar-refractivity contribution in [3.8, 4) is 0 Å². The summed E-state index contributed by atoms with van der Waals surface area (Å²) in [5, 5.41) is 3.52. The van der Waals surface area contributed by atoms with E-state index in [0.717, 1.165) is 71.4 Å². The minimum atomic E-state index is 0.507. The van der Waals surface area contributed by atoms with Crippen LogP contribution in [0.25, 0.3) is 0 Å². The first kappa shape index (κ1) is 23.0. The first-order chi connectivity index (χ1) is 14.5. The van der Waals surface area contributed by atoms with E-state index in [9.17, 15) is 0 Å². The van der Waals surface area contributed by atoms with E-state index in [1.807, 2.05) is 0 Å². The van der Waals surface area contributed by atoms with Gasteiger partial charge in [0, 0.05) is 64.9 Å². The third-order valence-electron chi connectivity index (χ3n) is 6.49. The lowest BCUT2D eigenvalue weighted by atomic mass is 10.0. The Balaban J connectivity index is 1.51. The number of nitrogens with one attached hydrogen (secondary N) is 1. The molecule has 0 aromatic heterocycles. The Morgan fingerprint density at radius 1 is 1.03 bits per heavy atom. The zero-order valence-electron chi connectivity index (χ0n) is 19.8. The Hall–Kier alpha value is -1.63. The molecule has 30 heavy (non-hydrogen) atoms. The van der Waals surface area contributed by atoms with Gasteiger partial charge in [0.15, 0.2) is 5.96 Å². The van der Waals surface area contributed by atoms with Crippen molar-refractivity contribution in [2.75, 3.05) is 73.0 Å².